The molecule has 0 radical (unpaired) electrons. The van der Waals surface area contributed by atoms with E-state index in [9.17, 15) is 24.0 Å². The number of carbonyl (C=O) groups is 5. The van der Waals surface area contributed by atoms with Crippen LogP contribution in [0.3, 0.4) is 0 Å². The predicted molar refractivity (Wildman–Crippen MR) is 119 cm³/mol. The monoisotopic (exact) mass is 466 g/mol. The van der Waals surface area contributed by atoms with Crippen LogP contribution in [0.4, 0.5) is 5.69 Å². The Hall–Kier alpha value is -3.20. The summed E-state index contributed by atoms with van der Waals surface area (Å²) in [5, 5.41) is 1.79. The third-order valence-corrected chi connectivity index (χ3v) is 4.89. The van der Waals surface area contributed by atoms with Crippen molar-refractivity contribution in [1.29, 1.82) is 0 Å². The van der Waals surface area contributed by atoms with Gasteiger partial charge < -0.3 is 19.7 Å². The molecule has 0 heterocycles. The van der Waals surface area contributed by atoms with Crippen molar-refractivity contribution in [3.63, 3.8) is 0 Å². The molecule has 0 aliphatic heterocycles. The zero-order valence-corrected chi connectivity index (χ0v) is 19.7. The Bertz CT molecular complexity index is 972. The molecule has 0 fully saturated rings. The number of ether oxygens (including phenoxy) is 2. The summed E-state index contributed by atoms with van der Waals surface area (Å²) in [6.45, 7) is 10.4. The molecular weight excluding hydrogens is 440 g/mol. The van der Waals surface area contributed by atoms with E-state index in [1.807, 2.05) is 0 Å². The first-order chi connectivity index (χ1) is 14.8. The Morgan fingerprint density at radius 1 is 1.03 bits per heavy atom. The number of esters is 2. The van der Waals surface area contributed by atoms with E-state index in [0.717, 1.165) is 13.8 Å². The number of amides is 2. The van der Waals surface area contributed by atoms with Gasteiger partial charge >= 0.3 is 11.9 Å². The molecule has 0 bridgehead atoms. The minimum absolute atomic E-state index is 0.0759. The molecule has 174 valence electrons. The van der Waals surface area contributed by atoms with Crippen molar-refractivity contribution in [2.24, 2.45) is 0 Å². The molecule has 1 unspecified atom stereocenters. The molecule has 0 spiro atoms. The third kappa shape index (κ3) is 6.40. The Morgan fingerprint density at radius 3 is 2.06 bits per heavy atom. The summed E-state index contributed by atoms with van der Waals surface area (Å²) in [7, 11) is 1.57. The average molecular weight is 467 g/mol. The number of likely N-dealkylation sites (N-methyl/N-ethyl adjacent to an activating group) is 1. The lowest BCUT2D eigenvalue weighted by atomic mass is 9.90. The minimum Gasteiger partial charge on any atom is -0.461 e. The molecule has 0 aliphatic rings. The highest BCUT2D eigenvalue weighted by Crippen LogP contribution is 2.33. The van der Waals surface area contributed by atoms with Crippen molar-refractivity contribution < 1.29 is 33.4 Å². The van der Waals surface area contributed by atoms with E-state index >= 15 is 0 Å². The number of rotatable bonds is 9. The molecule has 0 aliphatic carbocycles. The second-order valence-corrected chi connectivity index (χ2v) is 7.48. The Balaban J connectivity index is 3.57. The smallest absolute Gasteiger partial charge is 0.303 e. The molecule has 2 amide bonds. The van der Waals surface area contributed by atoms with Crippen molar-refractivity contribution in [2.45, 2.75) is 40.7 Å². The SMILES string of the molecule is C=CCN(C)C(=O)c1c(C)c(NC(=O)C(COC(C)=O)OC(C)=O)c(C)c(C(=O)Cl)c1C. The van der Waals surface area contributed by atoms with E-state index in [0.29, 0.717) is 16.7 Å². The summed E-state index contributed by atoms with van der Waals surface area (Å²) in [4.78, 5) is 61.9. The molecule has 10 heteroatoms. The van der Waals surface area contributed by atoms with E-state index in [1.54, 1.807) is 33.9 Å². The van der Waals surface area contributed by atoms with Gasteiger partial charge in [-0.05, 0) is 49.1 Å². The van der Waals surface area contributed by atoms with Gasteiger partial charge in [0.1, 0.15) is 6.61 Å². The number of hydrogen-bond donors (Lipinski definition) is 1. The molecule has 0 saturated carbocycles. The van der Waals surface area contributed by atoms with Crippen LogP contribution >= 0.6 is 11.6 Å². The van der Waals surface area contributed by atoms with Crippen molar-refractivity contribution in [1.82, 2.24) is 4.90 Å². The highest BCUT2D eigenvalue weighted by molar-refractivity contribution is 6.68. The fourth-order valence-electron chi connectivity index (χ4n) is 3.25. The number of benzene rings is 1. The Labute approximate surface area is 191 Å². The number of nitrogens with one attached hydrogen (secondary N) is 1. The number of carbonyl (C=O) groups excluding carboxylic acids is 5. The maximum atomic E-state index is 13.0. The molecule has 1 aromatic rings. The van der Waals surface area contributed by atoms with Crippen molar-refractivity contribution >= 4 is 46.3 Å². The first-order valence-corrected chi connectivity index (χ1v) is 10.0. The van der Waals surface area contributed by atoms with E-state index in [2.05, 4.69) is 11.9 Å². The van der Waals surface area contributed by atoms with Gasteiger partial charge in [0.2, 0.25) is 6.10 Å². The van der Waals surface area contributed by atoms with Gasteiger partial charge in [0.15, 0.2) is 0 Å². The highest BCUT2D eigenvalue weighted by Gasteiger charge is 2.29. The minimum atomic E-state index is -1.44. The molecule has 1 aromatic carbocycles. The van der Waals surface area contributed by atoms with Gasteiger partial charge in [-0.2, -0.15) is 0 Å². The summed E-state index contributed by atoms with van der Waals surface area (Å²) in [5.41, 5.74) is 1.54. The van der Waals surface area contributed by atoms with Crippen LogP contribution in [-0.2, 0) is 23.9 Å². The van der Waals surface area contributed by atoms with Gasteiger partial charge in [0.25, 0.3) is 17.1 Å². The summed E-state index contributed by atoms with van der Waals surface area (Å²) >= 11 is 5.79. The highest BCUT2D eigenvalue weighted by atomic mass is 35.5. The maximum absolute atomic E-state index is 13.0. The predicted octanol–water partition coefficient (Wildman–Crippen LogP) is 2.68. The molecule has 0 saturated heterocycles. The van der Waals surface area contributed by atoms with Gasteiger partial charge in [0, 0.05) is 44.3 Å². The molecular formula is C22H27ClN2O7. The summed E-state index contributed by atoms with van der Waals surface area (Å²) < 4.78 is 9.76. The van der Waals surface area contributed by atoms with Gasteiger partial charge in [-0.1, -0.05) is 6.08 Å². The van der Waals surface area contributed by atoms with Crippen LogP contribution in [-0.4, -0.2) is 60.2 Å². The van der Waals surface area contributed by atoms with Gasteiger partial charge in [-0.3, -0.25) is 24.0 Å². The molecule has 1 rings (SSSR count). The second kappa shape index (κ2) is 11.4. The van der Waals surface area contributed by atoms with Crippen molar-refractivity contribution in [3.05, 3.63) is 40.5 Å². The first-order valence-electron chi connectivity index (χ1n) is 9.64. The summed E-state index contributed by atoms with van der Waals surface area (Å²) in [6.07, 6.45) is 0.112. The van der Waals surface area contributed by atoms with Crippen LogP contribution in [0.25, 0.3) is 0 Å². The second-order valence-electron chi connectivity index (χ2n) is 7.14. The number of hydrogen-bond acceptors (Lipinski definition) is 7. The van der Waals surface area contributed by atoms with Crippen LogP contribution < -0.4 is 5.32 Å². The number of nitrogens with zero attached hydrogens (tertiary/aromatic N) is 1. The lowest BCUT2D eigenvalue weighted by Crippen LogP contribution is -2.37. The summed E-state index contributed by atoms with van der Waals surface area (Å²) in [5.74, 6) is -2.62. The largest absolute Gasteiger partial charge is 0.461 e. The van der Waals surface area contributed by atoms with Gasteiger partial charge in [-0.15, -0.1) is 6.58 Å². The van der Waals surface area contributed by atoms with Gasteiger partial charge in [0.05, 0.1) is 0 Å². The molecule has 1 N–H and O–H groups in total. The van der Waals surface area contributed by atoms with E-state index in [1.165, 1.54) is 4.90 Å². The maximum Gasteiger partial charge on any atom is 0.303 e. The van der Waals surface area contributed by atoms with E-state index in [-0.39, 0.29) is 23.4 Å². The Kier molecular flexibility index (Phi) is 9.58. The Morgan fingerprint density at radius 2 is 1.59 bits per heavy atom. The average Bonchev–Trinajstić information content (AvgIpc) is 2.67. The van der Waals surface area contributed by atoms with Crippen LogP contribution in [0.15, 0.2) is 12.7 Å². The lowest BCUT2D eigenvalue weighted by molar-refractivity contribution is -0.160. The van der Waals surface area contributed by atoms with Crippen LogP contribution in [0.2, 0.25) is 0 Å². The van der Waals surface area contributed by atoms with Gasteiger partial charge in [-0.25, -0.2) is 0 Å². The number of anilines is 1. The van der Waals surface area contributed by atoms with Crippen molar-refractivity contribution in [2.75, 3.05) is 25.5 Å². The van der Waals surface area contributed by atoms with Crippen molar-refractivity contribution in [3.8, 4) is 0 Å². The van der Waals surface area contributed by atoms with E-state index < -0.39 is 41.7 Å². The standard InChI is InChI=1S/C22H27ClN2O7/c1-8-9-25(7)22(30)18-11(2)17(20(23)28)12(3)19(13(18)4)24-21(29)16(32-15(6)27)10-31-14(5)26/h8,16H,1,9-10H2,2-7H3,(H,24,29). The van der Waals surface area contributed by atoms with Crippen LogP contribution in [0.5, 0.6) is 0 Å². The lowest BCUT2D eigenvalue weighted by Gasteiger charge is -2.24. The van der Waals surface area contributed by atoms with E-state index in [4.69, 9.17) is 21.1 Å². The zero-order valence-electron chi connectivity index (χ0n) is 19.0. The summed E-state index contributed by atoms with van der Waals surface area (Å²) in [6, 6.07) is 0. The zero-order chi connectivity index (χ0) is 24.7. The normalized spacial score (nSPS) is 11.2. The fourth-order valence-corrected chi connectivity index (χ4v) is 3.53. The molecule has 32 heavy (non-hydrogen) atoms. The first kappa shape index (κ1) is 26.8. The number of halogens is 1. The molecule has 9 nitrogen and oxygen atoms in total. The quantitative estimate of drug-likeness (QED) is 0.337. The fraction of sp³-hybridized carbons (Fsp3) is 0.409. The van der Waals surface area contributed by atoms with Crippen LogP contribution in [0, 0.1) is 20.8 Å². The van der Waals surface area contributed by atoms with Crippen LogP contribution in [0.1, 0.15) is 51.3 Å². The molecule has 1 atom stereocenters. The molecule has 0 aromatic heterocycles. The third-order valence-electron chi connectivity index (χ3n) is 4.70. The topological polar surface area (TPSA) is 119 Å².